The molecule has 150 valence electrons. The SMILES string of the molecule is CC(C)c1ccc(-c2cc(=O)c3cc(NC(=O)c4ccc(Cl)cc4)ccc3o2)cc1. The number of fused-ring (bicyclic) bond motifs is 1. The molecule has 0 aliphatic rings. The van der Waals surface area contributed by atoms with Gasteiger partial charge in [-0.25, -0.2) is 0 Å². The van der Waals surface area contributed by atoms with Crippen LogP contribution in [-0.2, 0) is 0 Å². The number of amides is 1. The summed E-state index contributed by atoms with van der Waals surface area (Å²) in [5.41, 5.74) is 3.37. The second kappa shape index (κ2) is 8.17. The zero-order chi connectivity index (χ0) is 21.3. The van der Waals surface area contributed by atoms with Crippen molar-refractivity contribution in [3.8, 4) is 11.3 Å². The van der Waals surface area contributed by atoms with E-state index in [1.165, 1.54) is 11.6 Å². The van der Waals surface area contributed by atoms with Crippen molar-refractivity contribution in [2.24, 2.45) is 0 Å². The first-order valence-electron chi connectivity index (χ1n) is 9.66. The number of carbonyl (C=O) groups is 1. The van der Waals surface area contributed by atoms with Crippen molar-refractivity contribution in [2.75, 3.05) is 5.32 Å². The van der Waals surface area contributed by atoms with Gasteiger partial charge in [-0.1, -0.05) is 49.7 Å². The fourth-order valence-corrected chi connectivity index (χ4v) is 3.34. The molecule has 1 N–H and O–H groups in total. The lowest BCUT2D eigenvalue weighted by molar-refractivity contribution is 0.102. The number of anilines is 1. The van der Waals surface area contributed by atoms with Crippen LogP contribution in [0.15, 0.2) is 82.0 Å². The standard InChI is InChI=1S/C25H20ClNO3/c1-15(2)16-3-5-17(6-4-16)24-14-22(28)21-13-20(11-12-23(21)30-24)27-25(29)18-7-9-19(26)10-8-18/h3-15H,1-2H3,(H,27,29). The first-order chi connectivity index (χ1) is 14.4. The van der Waals surface area contributed by atoms with Gasteiger partial charge in [0.15, 0.2) is 5.43 Å². The van der Waals surface area contributed by atoms with Gasteiger partial charge in [0.25, 0.3) is 5.91 Å². The van der Waals surface area contributed by atoms with Crippen LogP contribution >= 0.6 is 11.6 Å². The first-order valence-corrected chi connectivity index (χ1v) is 10.0. The highest BCUT2D eigenvalue weighted by Gasteiger charge is 2.11. The summed E-state index contributed by atoms with van der Waals surface area (Å²) in [6, 6.07) is 21.1. The molecular weight excluding hydrogens is 398 g/mol. The van der Waals surface area contributed by atoms with E-state index in [1.54, 1.807) is 42.5 Å². The van der Waals surface area contributed by atoms with Gasteiger partial charge in [-0.2, -0.15) is 0 Å². The lowest BCUT2D eigenvalue weighted by atomic mass is 10.0. The van der Waals surface area contributed by atoms with Crippen molar-refractivity contribution in [2.45, 2.75) is 19.8 Å². The van der Waals surface area contributed by atoms with E-state index in [2.05, 4.69) is 19.2 Å². The van der Waals surface area contributed by atoms with Crippen LogP contribution in [0.4, 0.5) is 5.69 Å². The van der Waals surface area contributed by atoms with Gasteiger partial charge in [0, 0.05) is 27.9 Å². The van der Waals surface area contributed by atoms with Crippen molar-refractivity contribution in [1.29, 1.82) is 0 Å². The van der Waals surface area contributed by atoms with E-state index in [-0.39, 0.29) is 11.3 Å². The maximum absolute atomic E-state index is 12.7. The van der Waals surface area contributed by atoms with Gasteiger partial charge in [-0.15, -0.1) is 0 Å². The minimum atomic E-state index is -0.280. The van der Waals surface area contributed by atoms with Crippen molar-refractivity contribution in [3.63, 3.8) is 0 Å². The molecule has 0 aliphatic heterocycles. The van der Waals surface area contributed by atoms with Crippen molar-refractivity contribution >= 4 is 34.2 Å². The third kappa shape index (κ3) is 4.14. The van der Waals surface area contributed by atoms with Crippen LogP contribution in [0.2, 0.25) is 5.02 Å². The average Bonchev–Trinajstić information content (AvgIpc) is 2.74. The Balaban J connectivity index is 1.63. The molecule has 0 aliphatic carbocycles. The maximum atomic E-state index is 12.7. The van der Waals surface area contributed by atoms with E-state index in [1.807, 2.05) is 24.3 Å². The summed E-state index contributed by atoms with van der Waals surface area (Å²) < 4.78 is 5.96. The minimum absolute atomic E-state index is 0.165. The Hall–Kier alpha value is -3.37. The van der Waals surface area contributed by atoms with Gasteiger partial charge in [0.2, 0.25) is 0 Å². The van der Waals surface area contributed by atoms with Crippen LogP contribution in [0.25, 0.3) is 22.3 Å². The quantitative estimate of drug-likeness (QED) is 0.413. The fraction of sp³-hybridized carbons (Fsp3) is 0.120. The number of hydrogen-bond donors (Lipinski definition) is 1. The van der Waals surface area contributed by atoms with Crippen LogP contribution < -0.4 is 10.7 Å². The molecule has 1 aromatic heterocycles. The zero-order valence-corrected chi connectivity index (χ0v) is 17.4. The normalized spacial score (nSPS) is 11.1. The Morgan fingerprint density at radius 1 is 0.933 bits per heavy atom. The molecule has 30 heavy (non-hydrogen) atoms. The molecule has 0 saturated heterocycles. The van der Waals surface area contributed by atoms with Gasteiger partial charge in [0.1, 0.15) is 11.3 Å². The molecule has 0 bridgehead atoms. The van der Waals surface area contributed by atoms with Gasteiger partial charge in [-0.05, 0) is 53.9 Å². The molecule has 0 unspecified atom stereocenters. The van der Waals surface area contributed by atoms with Crippen LogP contribution in [-0.4, -0.2) is 5.91 Å². The minimum Gasteiger partial charge on any atom is -0.456 e. The molecule has 4 aromatic rings. The second-order valence-corrected chi connectivity index (χ2v) is 7.86. The number of carbonyl (C=O) groups excluding carboxylic acids is 1. The Bertz CT molecular complexity index is 1270. The van der Waals surface area contributed by atoms with Crippen molar-refractivity contribution in [3.05, 3.63) is 99.2 Å². The summed E-state index contributed by atoms with van der Waals surface area (Å²) in [5.74, 6) is 0.669. The van der Waals surface area contributed by atoms with Gasteiger partial charge < -0.3 is 9.73 Å². The monoisotopic (exact) mass is 417 g/mol. The Kier molecular flexibility index (Phi) is 5.42. The third-order valence-electron chi connectivity index (χ3n) is 4.95. The van der Waals surface area contributed by atoms with Crippen molar-refractivity contribution < 1.29 is 9.21 Å². The number of rotatable bonds is 4. The van der Waals surface area contributed by atoms with Crippen molar-refractivity contribution in [1.82, 2.24) is 0 Å². The molecule has 0 spiro atoms. The highest BCUT2D eigenvalue weighted by atomic mass is 35.5. The van der Waals surface area contributed by atoms with E-state index in [0.717, 1.165) is 5.56 Å². The molecule has 4 rings (SSSR count). The molecule has 3 aromatic carbocycles. The summed E-state index contributed by atoms with van der Waals surface area (Å²) >= 11 is 5.86. The van der Waals surface area contributed by atoms with E-state index in [0.29, 0.717) is 38.9 Å². The maximum Gasteiger partial charge on any atom is 0.255 e. The van der Waals surface area contributed by atoms with Crippen LogP contribution in [0.5, 0.6) is 0 Å². The predicted octanol–water partition coefficient (Wildman–Crippen LogP) is 6.49. The Morgan fingerprint density at radius 2 is 1.63 bits per heavy atom. The number of nitrogens with one attached hydrogen (secondary N) is 1. The molecule has 1 heterocycles. The van der Waals surface area contributed by atoms with Crippen LogP contribution in [0.1, 0.15) is 35.7 Å². The lowest BCUT2D eigenvalue weighted by Crippen LogP contribution is -2.12. The summed E-state index contributed by atoms with van der Waals surface area (Å²) in [5, 5.41) is 3.77. The molecule has 0 fully saturated rings. The van der Waals surface area contributed by atoms with E-state index >= 15 is 0 Å². The summed E-state index contributed by atoms with van der Waals surface area (Å²) in [7, 11) is 0. The topological polar surface area (TPSA) is 59.3 Å². The molecular formula is C25H20ClNO3. The van der Waals surface area contributed by atoms with Gasteiger partial charge >= 0.3 is 0 Å². The molecule has 4 nitrogen and oxygen atoms in total. The Morgan fingerprint density at radius 3 is 2.30 bits per heavy atom. The Labute approximate surface area is 179 Å². The molecule has 5 heteroatoms. The largest absolute Gasteiger partial charge is 0.456 e. The number of halogens is 1. The molecule has 1 amide bonds. The highest BCUT2D eigenvalue weighted by Crippen LogP contribution is 2.26. The van der Waals surface area contributed by atoms with E-state index < -0.39 is 0 Å². The average molecular weight is 418 g/mol. The molecule has 0 atom stereocenters. The molecule has 0 radical (unpaired) electrons. The molecule has 0 saturated carbocycles. The third-order valence-corrected chi connectivity index (χ3v) is 5.21. The van der Waals surface area contributed by atoms with E-state index in [4.69, 9.17) is 16.0 Å². The lowest BCUT2D eigenvalue weighted by Gasteiger charge is -2.09. The summed E-state index contributed by atoms with van der Waals surface area (Å²) in [6.07, 6.45) is 0. The van der Waals surface area contributed by atoms with Crippen LogP contribution in [0.3, 0.4) is 0 Å². The highest BCUT2D eigenvalue weighted by molar-refractivity contribution is 6.30. The number of benzene rings is 3. The van der Waals surface area contributed by atoms with Crippen LogP contribution in [0, 0.1) is 0 Å². The van der Waals surface area contributed by atoms with E-state index in [9.17, 15) is 9.59 Å². The summed E-state index contributed by atoms with van der Waals surface area (Å²) in [6.45, 7) is 4.27. The van der Waals surface area contributed by atoms with Gasteiger partial charge in [0.05, 0.1) is 5.39 Å². The predicted molar refractivity (Wildman–Crippen MR) is 121 cm³/mol. The number of hydrogen-bond acceptors (Lipinski definition) is 3. The smallest absolute Gasteiger partial charge is 0.255 e. The van der Waals surface area contributed by atoms with Gasteiger partial charge in [-0.3, -0.25) is 9.59 Å². The second-order valence-electron chi connectivity index (χ2n) is 7.42. The zero-order valence-electron chi connectivity index (χ0n) is 16.6. The fourth-order valence-electron chi connectivity index (χ4n) is 3.21. The first kappa shape index (κ1) is 19.9. The summed E-state index contributed by atoms with van der Waals surface area (Å²) in [4.78, 5) is 25.1.